The Hall–Kier alpha value is -3.06. The van der Waals surface area contributed by atoms with Crippen LogP contribution in [-0.4, -0.2) is 25.2 Å². The molecule has 0 bridgehead atoms. The van der Waals surface area contributed by atoms with Gasteiger partial charge in [-0.3, -0.25) is 0 Å². The van der Waals surface area contributed by atoms with E-state index in [4.69, 9.17) is 14.2 Å². The van der Waals surface area contributed by atoms with Crippen molar-refractivity contribution >= 4 is 28.1 Å². The Labute approximate surface area is 161 Å². The number of carbonyl (C=O) groups excluding carboxylic acids is 1. The van der Waals surface area contributed by atoms with E-state index in [-0.39, 0.29) is 6.61 Å². The van der Waals surface area contributed by atoms with E-state index >= 15 is 0 Å². The summed E-state index contributed by atoms with van der Waals surface area (Å²) in [6.07, 6.45) is 0. The fraction of sp³-hybridized carbons (Fsp3) is 0.200. The van der Waals surface area contributed by atoms with Crippen LogP contribution in [0.5, 0.6) is 11.5 Å². The Bertz CT molecular complexity index is 922. The summed E-state index contributed by atoms with van der Waals surface area (Å²) < 4.78 is 15.7. The predicted molar refractivity (Wildman–Crippen MR) is 105 cm³/mol. The second-order valence-electron chi connectivity index (χ2n) is 5.78. The molecule has 6 nitrogen and oxygen atoms in total. The standard InChI is InChI=1S/C20H20N2O4S/c1-13-4-6-14(7-5-13)21-20-22-15(12-27-20)11-26-19(23)17-10-16(24-2)8-9-18(17)25-3/h4-10,12H,11H2,1-3H3,(H,21,22). The van der Waals surface area contributed by atoms with E-state index in [1.165, 1.54) is 31.1 Å². The SMILES string of the molecule is COc1ccc(OC)c(C(=O)OCc2csc(Nc3ccc(C)cc3)n2)c1. The normalized spacial score (nSPS) is 10.3. The Kier molecular flexibility index (Phi) is 5.93. The summed E-state index contributed by atoms with van der Waals surface area (Å²) in [5, 5.41) is 5.83. The van der Waals surface area contributed by atoms with Crippen molar-refractivity contribution in [2.45, 2.75) is 13.5 Å². The van der Waals surface area contributed by atoms with E-state index in [0.717, 1.165) is 10.8 Å². The third-order valence-electron chi connectivity index (χ3n) is 3.83. The summed E-state index contributed by atoms with van der Waals surface area (Å²) in [5.41, 5.74) is 3.13. The van der Waals surface area contributed by atoms with Crippen LogP contribution in [0.2, 0.25) is 0 Å². The molecule has 0 aliphatic heterocycles. The summed E-state index contributed by atoms with van der Waals surface area (Å²) >= 11 is 1.45. The molecule has 0 spiro atoms. The van der Waals surface area contributed by atoms with Gasteiger partial charge in [0.15, 0.2) is 5.13 Å². The zero-order valence-corrected chi connectivity index (χ0v) is 16.1. The fourth-order valence-electron chi connectivity index (χ4n) is 2.38. The largest absolute Gasteiger partial charge is 0.497 e. The van der Waals surface area contributed by atoms with Gasteiger partial charge in [0.25, 0.3) is 0 Å². The molecule has 0 saturated carbocycles. The lowest BCUT2D eigenvalue weighted by Crippen LogP contribution is -2.07. The zero-order chi connectivity index (χ0) is 19.2. The van der Waals surface area contributed by atoms with Crippen LogP contribution < -0.4 is 14.8 Å². The summed E-state index contributed by atoms with van der Waals surface area (Å²) in [4.78, 5) is 16.8. The van der Waals surface area contributed by atoms with Crippen molar-refractivity contribution in [3.05, 3.63) is 64.7 Å². The number of benzene rings is 2. The maximum absolute atomic E-state index is 12.4. The molecule has 7 heteroatoms. The maximum Gasteiger partial charge on any atom is 0.342 e. The number of methoxy groups -OCH3 is 2. The highest BCUT2D eigenvalue weighted by Gasteiger charge is 2.16. The summed E-state index contributed by atoms with van der Waals surface area (Å²) in [6.45, 7) is 2.11. The van der Waals surface area contributed by atoms with E-state index in [1.807, 2.05) is 36.6 Å². The van der Waals surface area contributed by atoms with Crippen molar-refractivity contribution in [1.82, 2.24) is 4.98 Å². The number of hydrogen-bond donors (Lipinski definition) is 1. The van der Waals surface area contributed by atoms with Crippen molar-refractivity contribution < 1.29 is 19.0 Å². The van der Waals surface area contributed by atoms with Gasteiger partial charge in [0, 0.05) is 11.1 Å². The van der Waals surface area contributed by atoms with Gasteiger partial charge < -0.3 is 19.5 Å². The Morgan fingerprint density at radius 2 is 1.89 bits per heavy atom. The number of anilines is 2. The van der Waals surface area contributed by atoms with Crippen molar-refractivity contribution in [3.8, 4) is 11.5 Å². The van der Waals surface area contributed by atoms with Gasteiger partial charge in [0.05, 0.1) is 19.9 Å². The molecule has 0 unspecified atom stereocenters. The highest BCUT2D eigenvalue weighted by atomic mass is 32.1. The minimum atomic E-state index is -0.494. The lowest BCUT2D eigenvalue weighted by Gasteiger charge is -2.09. The molecule has 1 N–H and O–H groups in total. The van der Waals surface area contributed by atoms with Gasteiger partial charge >= 0.3 is 5.97 Å². The zero-order valence-electron chi connectivity index (χ0n) is 15.3. The summed E-state index contributed by atoms with van der Waals surface area (Å²) in [6, 6.07) is 13.0. The van der Waals surface area contributed by atoms with E-state index in [2.05, 4.69) is 10.3 Å². The third kappa shape index (κ3) is 4.77. The van der Waals surface area contributed by atoms with Crippen molar-refractivity contribution in [2.75, 3.05) is 19.5 Å². The van der Waals surface area contributed by atoms with Gasteiger partial charge in [-0.25, -0.2) is 9.78 Å². The average molecular weight is 384 g/mol. The lowest BCUT2D eigenvalue weighted by molar-refractivity contribution is 0.0464. The number of nitrogens with zero attached hydrogens (tertiary/aromatic N) is 1. The molecule has 0 radical (unpaired) electrons. The monoisotopic (exact) mass is 384 g/mol. The smallest absolute Gasteiger partial charge is 0.342 e. The summed E-state index contributed by atoms with van der Waals surface area (Å²) in [7, 11) is 3.04. The van der Waals surface area contributed by atoms with Crippen molar-refractivity contribution in [3.63, 3.8) is 0 Å². The molecular formula is C20H20N2O4S. The highest BCUT2D eigenvalue weighted by molar-refractivity contribution is 7.13. The Morgan fingerprint density at radius 3 is 2.59 bits per heavy atom. The number of hydrogen-bond acceptors (Lipinski definition) is 7. The molecule has 0 atom stereocenters. The molecule has 2 aromatic carbocycles. The maximum atomic E-state index is 12.4. The van der Waals surface area contributed by atoms with Gasteiger partial charge in [-0.2, -0.15) is 0 Å². The third-order valence-corrected chi connectivity index (χ3v) is 4.64. The number of nitrogens with one attached hydrogen (secondary N) is 1. The van der Waals surface area contributed by atoms with Crippen LogP contribution in [0.1, 0.15) is 21.6 Å². The highest BCUT2D eigenvalue weighted by Crippen LogP contribution is 2.26. The van der Waals surface area contributed by atoms with Crippen molar-refractivity contribution in [1.29, 1.82) is 0 Å². The summed E-state index contributed by atoms with van der Waals surface area (Å²) in [5.74, 6) is 0.494. The predicted octanol–water partition coefficient (Wildman–Crippen LogP) is 4.57. The Morgan fingerprint density at radius 1 is 1.11 bits per heavy atom. The number of thiazole rings is 1. The van der Waals surface area contributed by atoms with Gasteiger partial charge in [0.2, 0.25) is 0 Å². The minimum absolute atomic E-state index is 0.0747. The molecule has 3 rings (SSSR count). The molecule has 27 heavy (non-hydrogen) atoms. The van der Waals surface area contributed by atoms with Crippen LogP contribution in [0.15, 0.2) is 47.8 Å². The number of carbonyl (C=O) groups is 1. The van der Waals surface area contributed by atoms with Crippen LogP contribution in [0.4, 0.5) is 10.8 Å². The average Bonchev–Trinajstić information content (AvgIpc) is 3.14. The van der Waals surface area contributed by atoms with Gasteiger partial charge in [-0.05, 0) is 37.3 Å². The number of ether oxygens (including phenoxy) is 3. The first kappa shape index (κ1) is 18.7. The minimum Gasteiger partial charge on any atom is -0.497 e. The number of esters is 1. The van der Waals surface area contributed by atoms with Crippen LogP contribution >= 0.6 is 11.3 Å². The molecular weight excluding hydrogens is 364 g/mol. The molecule has 3 aromatic rings. The van der Waals surface area contributed by atoms with Crippen LogP contribution in [0.3, 0.4) is 0 Å². The first-order valence-corrected chi connectivity index (χ1v) is 9.14. The van der Waals surface area contributed by atoms with Gasteiger partial charge in [-0.15, -0.1) is 11.3 Å². The van der Waals surface area contributed by atoms with Gasteiger partial charge in [-0.1, -0.05) is 17.7 Å². The second kappa shape index (κ2) is 8.55. The molecule has 0 fully saturated rings. The van der Waals surface area contributed by atoms with E-state index < -0.39 is 5.97 Å². The fourth-order valence-corrected chi connectivity index (χ4v) is 3.10. The Balaban J connectivity index is 1.63. The van der Waals surface area contributed by atoms with E-state index in [9.17, 15) is 4.79 Å². The van der Waals surface area contributed by atoms with Gasteiger partial charge in [0.1, 0.15) is 23.7 Å². The number of aromatic nitrogens is 1. The lowest BCUT2D eigenvalue weighted by atomic mass is 10.2. The van der Waals surface area contributed by atoms with Crippen LogP contribution in [-0.2, 0) is 11.3 Å². The molecule has 1 heterocycles. The topological polar surface area (TPSA) is 69.7 Å². The molecule has 140 valence electrons. The first-order valence-electron chi connectivity index (χ1n) is 8.26. The molecule has 0 saturated heterocycles. The molecule has 0 aliphatic rings. The van der Waals surface area contributed by atoms with Crippen molar-refractivity contribution in [2.24, 2.45) is 0 Å². The molecule has 1 aromatic heterocycles. The number of aryl methyl sites for hydroxylation is 1. The number of rotatable bonds is 7. The quantitative estimate of drug-likeness (QED) is 0.602. The van der Waals surface area contributed by atoms with E-state index in [1.54, 1.807) is 18.2 Å². The second-order valence-corrected chi connectivity index (χ2v) is 6.64. The van der Waals surface area contributed by atoms with Crippen LogP contribution in [0, 0.1) is 6.92 Å². The van der Waals surface area contributed by atoms with E-state index in [0.29, 0.717) is 22.8 Å². The molecule has 0 amide bonds. The van der Waals surface area contributed by atoms with Crippen LogP contribution in [0.25, 0.3) is 0 Å². The molecule has 0 aliphatic carbocycles. The first-order chi connectivity index (χ1) is 13.1.